The SMILES string of the molecule is CN(C)c1nc(Cl)nc(Oc2cncc(Cl)c2)n1. The molecule has 8 heteroatoms. The van der Waals surface area contributed by atoms with Gasteiger partial charge in [-0.2, -0.15) is 15.0 Å². The summed E-state index contributed by atoms with van der Waals surface area (Å²) in [5.74, 6) is 0.828. The molecule has 0 aliphatic carbocycles. The van der Waals surface area contributed by atoms with E-state index < -0.39 is 0 Å². The van der Waals surface area contributed by atoms with Crippen molar-refractivity contribution in [3.63, 3.8) is 0 Å². The fourth-order valence-corrected chi connectivity index (χ4v) is 1.43. The molecule has 0 aliphatic heterocycles. The molecule has 0 saturated carbocycles. The molecule has 94 valence electrons. The highest BCUT2D eigenvalue weighted by Crippen LogP contribution is 2.22. The largest absolute Gasteiger partial charge is 0.422 e. The minimum Gasteiger partial charge on any atom is -0.422 e. The van der Waals surface area contributed by atoms with E-state index in [4.69, 9.17) is 27.9 Å². The highest BCUT2D eigenvalue weighted by Gasteiger charge is 2.09. The molecule has 0 fully saturated rings. The van der Waals surface area contributed by atoms with Gasteiger partial charge in [-0.1, -0.05) is 11.6 Å². The van der Waals surface area contributed by atoms with Crippen LogP contribution in [-0.2, 0) is 0 Å². The summed E-state index contributed by atoms with van der Waals surface area (Å²) in [7, 11) is 3.58. The Morgan fingerprint density at radius 2 is 1.89 bits per heavy atom. The van der Waals surface area contributed by atoms with Crippen molar-refractivity contribution in [3.8, 4) is 11.8 Å². The van der Waals surface area contributed by atoms with Crippen molar-refractivity contribution >= 4 is 29.2 Å². The van der Waals surface area contributed by atoms with Gasteiger partial charge < -0.3 is 9.64 Å². The van der Waals surface area contributed by atoms with Crippen LogP contribution in [0.1, 0.15) is 0 Å². The Balaban J connectivity index is 2.29. The maximum Gasteiger partial charge on any atom is 0.328 e. The fourth-order valence-electron chi connectivity index (χ4n) is 1.12. The molecule has 0 spiro atoms. The molecule has 2 aromatic heterocycles. The van der Waals surface area contributed by atoms with Crippen LogP contribution in [0.2, 0.25) is 10.3 Å². The topological polar surface area (TPSA) is 64.0 Å². The highest BCUT2D eigenvalue weighted by molar-refractivity contribution is 6.30. The van der Waals surface area contributed by atoms with E-state index >= 15 is 0 Å². The van der Waals surface area contributed by atoms with Crippen LogP contribution in [0, 0.1) is 0 Å². The van der Waals surface area contributed by atoms with E-state index in [1.165, 1.54) is 12.4 Å². The lowest BCUT2D eigenvalue weighted by Gasteiger charge is -2.11. The van der Waals surface area contributed by atoms with Crippen LogP contribution in [-0.4, -0.2) is 34.0 Å². The fraction of sp³-hybridized carbons (Fsp3) is 0.200. The molecule has 0 aromatic carbocycles. The molecular formula is C10H9Cl2N5O. The molecule has 0 unspecified atom stereocenters. The molecule has 2 heterocycles. The molecule has 0 atom stereocenters. The van der Waals surface area contributed by atoms with Crippen molar-refractivity contribution in [3.05, 3.63) is 28.8 Å². The van der Waals surface area contributed by atoms with Crippen LogP contribution >= 0.6 is 23.2 Å². The zero-order valence-corrected chi connectivity index (χ0v) is 11.1. The number of rotatable bonds is 3. The Morgan fingerprint density at radius 1 is 1.11 bits per heavy atom. The quantitative estimate of drug-likeness (QED) is 0.863. The summed E-state index contributed by atoms with van der Waals surface area (Å²) in [4.78, 5) is 17.5. The Hall–Kier alpha value is -1.66. The van der Waals surface area contributed by atoms with Crippen molar-refractivity contribution in [2.45, 2.75) is 0 Å². The second kappa shape index (κ2) is 5.32. The molecule has 0 amide bonds. The van der Waals surface area contributed by atoms with Gasteiger partial charge in [-0.15, -0.1) is 0 Å². The number of aromatic nitrogens is 4. The van der Waals surface area contributed by atoms with Crippen molar-refractivity contribution in [1.82, 2.24) is 19.9 Å². The van der Waals surface area contributed by atoms with Crippen molar-refractivity contribution in [1.29, 1.82) is 0 Å². The van der Waals surface area contributed by atoms with E-state index in [0.29, 0.717) is 16.7 Å². The Morgan fingerprint density at radius 3 is 2.56 bits per heavy atom. The smallest absolute Gasteiger partial charge is 0.328 e. The predicted octanol–water partition coefficient (Wildman–Crippen LogP) is 2.43. The summed E-state index contributed by atoms with van der Waals surface area (Å²) >= 11 is 11.6. The lowest BCUT2D eigenvalue weighted by molar-refractivity contribution is 0.438. The average molecular weight is 286 g/mol. The van der Waals surface area contributed by atoms with Gasteiger partial charge >= 0.3 is 6.01 Å². The number of halogens is 2. The second-order valence-electron chi connectivity index (χ2n) is 3.52. The summed E-state index contributed by atoms with van der Waals surface area (Å²) in [6, 6.07) is 1.68. The van der Waals surface area contributed by atoms with Gasteiger partial charge in [0.1, 0.15) is 0 Å². The molecule has 2 aromatic rings. The van der Waals surface area contributed by atoms with Crippen LogP contribution in [0.25, 0.3) is 0 Å². The van der Waals surface area contributed by atoms with E-state index in [0.717, 1.165) is 0 Å². The Kier molecular flexibility index (Phi) is 3.78. The number of anilines is 1. The van der Waals surface area contributed by atoms with Crippen molar-refractivity contribution < 1.29 is 4.74 Å². The molecule has 0 bridgehead atoms. The number of ether oxygens (including phenoxy) is 1. The second-order valence-corrected chi connectivity index (χ2v) is 4.30. The number of pyridine rings is 1. The predicted molar refractivity (Wildman–Crippen MR) is 68.5 cm³/mol. The first-order valence-corrected chi connectivity index (χ1v) is 5.67. The molecule has 2 rings (SSSR count). The normalized spacial score (nSPS) is 10.2. The van der Waals surface area contributed by atoms with E-state index in [1.807, 2.05) is 0 Å². The third-order valence-corrected chi connectivity index (χ3v) is 2.24. The van der Waals surface area contributed by atoms with Crippen LogP contribution in [0.4, 0.5) is 5.95 Å². The molecule has 6 nitrogen and oxygen atoms in total. The van der Waals surface area contributed by atoms with Gasteiger partial charge in [0, 0.05) is 26.4 Å². The van der Waals surface area contributed by atoms with Gasteiger partial charge in [0.15, 0.2) is 5.75 Å². The summed E-state index contributed by atoms with van der Waals surface area (Å²) in [5, 5.41) is 0.513. The van der Waals surface area contributed by atoms with E-state index in [9.17, 15) is 0 Å². The zero-order valence-electron chi connectivity index (χ0n) is 9.63. The van der Waals surface area contributed by atoms with E-state index in [2.05, 4.69) is 19.9 Å². The summed E-state index contributed by atoms with van der Waals surface area (Å²) in [5.41, 5.74) is 0. The number of hydrogen-bond donors (Lipinski definition) is 0. The number of hydrogen-bond acceptors (Lipinski definition) is 6. The van der Waals surface area contributed by atoms with Gasteiger partial charge in [-0.25, -0.2) is 0 Å². The van der Waals surface area contributed by atoms with Gasteiger partial charge in [0.05, 0.1) is 11.2 Å². The minimum absolute atomic E-state index is 0.0543. The van der Waals surface area contributed by atoms with Crippen LogP contribution < -0.4 is 9.64 Å². The van der Waals surface area contributed by atoms with Crippen molar-refractivity contribution in [2.24, 2.45) is 0 Å². The maximum absolute atomic E-state index is 5.79. The van der Waals surface area contributed by atoms with Gasteiger partial charge in [-0.05, 0) is 11.6 Å². The maximum atomic E-state index is 5.79. The number of nitrogens with zero attached hydrogens (tertiary/aromatic N) is 5. The molecular weight excluding hydrogens is 277 g/mol. The lowest BCUT2D eigenvalue weighted by Crippen LogP contribution is -2.13. The molecule has 0 saturated heterocycles. The first-order chi connectivity index (χ1) is 8.54. The first-order valence-electron chi connectivity index (χ1n) is 4.92. The third kappa shape index (κ3) is 3.18. The summed E-state index contributed by atoms with van der Waals surface area (Å²) < 4.78 is 5.41. The molecule has 18 heavy (non-hydrogen) atoms. The van der Waals surface area contributed by atoms with Crippen LogP contribution in [0.5, 0.6) is 11.8 Å². The third-order valence-electron chi connectivity index (χ3n) is 1.86. The first kappa shape index (κ1) is 12.8. The minimum atomic E-state index is 0.0543. The van der Waals surface area contributed by atoms with Crippen LogP contribution in [0.15, 0.2) is 18.5 Å². The zero-order chi connectivity index (χ0) is 13.1. The van der Waals surface area contributed by atoms with E-state index in [1.54, 1.807) is 25.1 Å². The molecule has 0 aliphatic rings. The molecule has 0 radical (unpaired) electrons. The lowest BCUT2D eigenvalue weighted by atomic mass is 10.5. The Bertz CT molecular complexity index is 564. The van der Waals surface area contributed by atoms with Gasteiger partial charge in [0.2, 0.25) is 11.2 Å². The summed E-state index contributed by atoms with van der Waals surface area (Å²) in [6.07, 6.45) is 3.00. The monoisotopic (exact) mass is 285 g/mol. The standard InChI is InChI=1S/C10H9Cl2N5O/c1-17(2)9-14-8(12)15-10(16-9)18-7-3-6(11)4-13-5-7/h3-5H,1-2H3. The van der Waals surface area contributed by atoms with Gasteiger partial charge in [0.25, 0.3) is 0 Å². The van der Waals surface area contributed by atoms with Crippen molar-refractivity contribution in [2.75, 3.05) is 19.0 Å². The highest BCUT2D eigenvalue weighted by atomic mass is 35.5. The van der Waals surface area contributed by atoms with Crippen LogP contribution in [0.3, 0.4) is 0 Å². The molecule has 0 N–H and O–H groups in total. The Labute approximate surface area is 114 Å². The van der Waals surface area contributed by atoms with E-state index in [-0.39, 0.29) is 11.3 Å². The van der Waals surface area contributed by atoms with Gasteiger partial charge in [-0.3, -0.25) is 4.98 Å². The summed E-state index contributed by atoms with van der Waals surface area (Å²) in [6.45, 7) is 0. The average Bonchev–Trinajstić information content (AvgIpc) is 2.28.